The molecule has 5 nitrogen and oxygen atoms in total. The average molecular weight is 312 g/mol. The van der Waals surface area contributed by atoms with Crippen molar-refractivity contribution in [3.05, 3.63) is 59.7 Å². The highest BCUT2D eigenvalue weighted by molar-refractivity contribution is 5.95. The first-order valence-electron chi connectivity index (χ1n) is 7.67. The molecule has 1 heterocycles. The second-order valence-corrected chi connectivity index (χ2v) is 5.43. The molecule has 1 saturated heterocycles. The van der Waals surface area contributed by atoms with Crippen molar-refractivity contribution in [3.63, 3.8) is 0 Å². The molecule has 0 aromatic heterocycles. The van der Waals surface area contributed by atoms with E-state index in [1.165, 1.54) is 0 Å². The number of benzene rings is 2. The van der Waals surface area contributed by atoms with Crippen LogP contribution < -0.4 is 10.5 Å². The predicted octanol–water partition coefficient (Wildman–Crippen LogP) is 2.32. The van der Waals surface area contributed by atoms with Crippen LogP contribution in [-0.2, 0) is 11.3 Å². The summed E-state index contributed by atoms with van der Waals surface area (Å²) in [6.45, 7) is 2.84. The number of hydrogen-bond acceptors (Lipinski definition) is 4. The van der Waals surface area contributed by atoms with E-state index in [1.54, 1.807) is 23.1 Å². The molecule has 0 bridgehead atoms. The Labute approximate surface area is 135 Å². The third kappa shape index (κ3) is 3.81. The second-order valence-electron chi connectivity index (χ2n) is 5.43. The number of nitrogens with two attached hydrogens (primary N) is 1. The summed E-state index contributed by atoms with van der Waals surface area (Å²) < 4.78 is 11.0. The molecule has 0 aliphatic carbocycles. The van der Waals surface area contributed by atoms with Crippen LogP contribution in [0, 0.1) is 0 Å². The molecule has 2 aromatic rings. The minimum atomic E-state index is -0.0189. The zero-order valence-electron chi connectivity index (χ0n) is 12.9. The smallest absolute Gasteiger partial charge is 0.254 e. The fourth-order valence-corrected chi connectivity index (χ4v) is 2.50. The average Bonchev–Trinajstić information content (AvgIpc) is 2.61. The molecule has 2 N–H and O–H groups in total. The van der Waals surface area contributed by atoms with Crippen LogP contribution in [0.25, 0.3) is 0 Å². The Balaban J connectivity index is 1.66. The van der Waals surface area contributed by atoms with Crippen molar-refractivity contribution in [1.29, 1.82) is 0 Å². The quantitative estimate of drug-likeness (QED) is 0.880. The van der Waals surface area contributed by atoms with Crippen molar-refractivity contribution in [2.45, 2.75) is 6.61 Å². The van der Waals surface area contributed by atoms with Gasteiger partial charge in [0.2, 0.25) is 0 Å². The Morgan fingerprint density at radius 3 is 2.57 bits per heavy atom. The molecule has 0 atom stereocenters. The van der Waals surface area contributed by atoms with Gasteiger partial charge in [-0.15, -0.1) is 0 Å². The SMILES string of the molecule is Nc1cc(C(=O)N2CCOCC2)ccc1OCc1ccccc1. The standard InChI is InChI=1S/C18H20N2O3/c19-16-12-15(18(21)20-8-10-22-11-9-20)6-7-17(16)23-13-14-4-2-1-3-5-14/h1-7,12H,8-11,13,19H2. The first kappa shape index (κ1) is 15.4. The van der Waals surface area contributed by atoms with Crippen LogP contribution in [0.2, 0.25) is 0 Å². The van der Waals surface area contributed by atoms with Gasteiger partial charge in [0.05, 0.1) is 18.9 Å². The minimum absolute atomic E-state index is 0.0189. The van der Waals surface area contributed by atoms with Crippen molar-refractivity contribution in [3.8, 4) is 5.75 Å². The molecule has 5 heteroatoms. The van der Waals surface area contributed by atoms with Gasteiger partial charge in [-0.05, 0) is 23.8 Å². The Morgan fingerprint density at radius 1 is 1.13 bits per heavy atom. The minimum Gasteiger partial charge on any atom is -0.487 e. The number of carbonyl (C=O) groups excluding carboxylic acids is 1. The molecule has 0 radical (unpaired) electrons. The summed E-state index contributed by atoms with van der Waals surface area (Å²) in [5, 5.41) is 0. The number of hydrogen-bond donors (Lipinski definition) is 1. The molecule has 0 spiro atoms. The van der Waals surface area contributed by atoms with E-state index in [9.17, 15) is 4.79 Å². The number of nitrogen functional groups attached to an aromatic ring is 1. The zero-order valence-corrected chi connectivity index (χ0v) is 12.9. The third-order valence-corrected chi connectivity index (χ3v) is 3.79. The number of rotatable bonds is 4. The van der Waals surface area contributed by atoms with E-state index in [4.69, 9.17) is 15.2 Å². The van der Waals surface area contributed by atoms with Crippen LogP contribution in [0.15, 0.2) is 48.5 Å². The molecular weight excluding hydrogens is 292 g/mol. The first-order chi connectivity index (χ1) is 11.2. The fraction of sp³-hybridized carbons (Fsp3) is 0.278. The molecule has 120 valence electrons. The molecule has 2 aromatic carbocycles. The zero-order chi connectivity index (χ0) is 16.1. The highest BCUT2D eigenvalue weighted by atomic mass is 16.5. The van der Waals surface area contributed by atoms with Crippen molar-refractivity contribution in [2.75, 3.05) is 32.0 Å². The Morgan fingerprint density at radius 2 is 1.87 bits per heavy atom. The largest absolute Gasteiger partial charge is 0.487 e. The number of amides is 1. The molecular formula is C18H20N2O3. The fourth-order valence-electron chi connectivity index (χ4n) is 2.50. The van der Waals surface area contributed by atoms with Gasteiger partial charge < -0.3 is 20.1 Å². The van der Waals surface area contributed by atoms with E-state index < -0.39 is 0 Å². The van der Waals surface area contributed by atoms with Gasteiger partial charge in [0, 0.05) is 18.7 Å². The molecule has 0 saturated carbocycles. The van der Waals surface area contributed by atoms with Crippen LogP contribution in [-0.4, -0.2) is 37.1 Å². The second kappa shape index (κ2) is 7.15. The van der Waals surface area contributed by atoms with Crippen molar-refractivity contribution < 1.29 is 14.3 Å². The molecule has 1 aliphatic heterocycles. The summed E-state index contributed by atoms with van der Waals surface area (Å²) in [6.07, 6.45) is 0. The Hall–Kier alpha value is -2.53. The Kier molecular flexibility index (Phi) is 4.78. The summed E-state index contributed by atoms with van der Waals surface area (Å²) in [4.78, 5) is 14.2. The van der Waals surface area contributed by atoms with Gasteiger partial charge in [-0.1, -0.05) is 30.3 Å². The van der Waals surface area contributed by atoms with Crippen molar-refractivity contribution in [1.82, 2.24) is 4.90 Å². The van der Waals surface area contributed by atoms with Gasteiger partial charge in [-0.3, -0.25) is 4.79 Å². The molecule has 23 heavy (non-hydrogen) atoms. The highest BCUT2D eigenvalue weighted by Gasteiger charge is 2.19. The monoisotopic (exact) mass is 312 g/mol. The van der Waals surface area contributed by atoms with Crippen LogP contribution >= 0.6 is 0 Å². The summed E-state index contributed by atoms with van der Waals surface area (Å²) >= 11 is 0. The molecule has 1 fully saturated rings. The number of ether oxygens (including phenoxy) is 2. The van der Waals surface area contributed by atoms with Gasteiger partial charge >= 0.3 is 0 Å². The number of morpholine rings is 1. The van der Waals surface area contributed by atoms with Gasteiger partial charge in [0.1, 0.15) is 12.4 Å². The predicted molar refractivity (Wildman–Crippen MR) is 88.4 cm³/mol. The summed E-state index contributed by atoms with van der Waals surface area (Å²) in [6, 6.07) is 15.1. The number of anilines is 1. The van der Waals surface area contributed by atoms with E-state index in [1.807, 2.05) is 30.3 Å². The van der Waals surface area contributed by atoms with Crippen molar-refractivity contribution >= 4 is 11.6 Å². The normalized spacial score (nSPS) is 14.5. The molecule has 3 rings (SSSR count). The maximum atomic E-state index is 12.4. The van der Waals surface area contributed by atoms with E-state index >= 15 is 0 Å². The maximum absolute atomic E-state index is 12.4. The van der Waals surface area contributed by atoms with E-state index in [0.717, 1.165) is 5.56 Å². The molecule has 1 aliphatic rings. The lowest BCUT2D eigenvalue weighted by Gasteiger charge is -2.27. The van der Waals surface area contributed by atoms with E-state index in [2.05, 4.69) is 0 Å². The number of carbonyl (C=O) groups is 1. The number of nitrogens with zero attached hydrogens (tertiary/aromatic N) is 1. The van der Waals surface area contributed by atoms with Gasteiger partial charge in [-0.25, -0.2) is 0 Å². The van der Waals surface area contributed by atoms with E-state index in [0.29, 0.717) is 49.9 Å². The summed E-state index contributed by atoms with van der Waals surface area (Å²) in [5.41, 5.74) is 8.15. The molecule has 0 unspecified atom stereocenters. The molecule has 1 amide bonds. The lowest BCUT2D eigenvalue weighted by Crippen LogP contribution is -2.40. The van der Waals surface area contributed by atoms with Gasteiger partial charge in [0.25, 0.3) is 5.91 Å². The van der Waals surface area contributed by atoms with Crippen molar-refractivity contribution in [2.24, 2.45) is 0 Å². The van der Waals surface area contributed by atoms with E-state index in [-0.39, 0.29) is 5.91 Å². The summed E-state index contributed by atoms with van der Waals surface area (Å²) in [7, 11) is 0. The highest BCUT2D eigenvalue weighted by Crippen LogP contribution is 2.24. The maximum Gasteiger partial charge on any atom is 0.254 e. The van der Waals surface area contributed by atoms with Gasteiger partial charge in [-0.2, -0.15) is 0 Å². The van der Waals surface area contributed by atoms with Crippen LogP contribution in [0.1, 0.15) is 15.9 Å². The first-order valence-corrected chi connectivity index (χ1v) is 7.67. The van der Waals surface area contributed by atoms with Gasteiger partial charge in [0.15, 0.2) is 0 Å². The van der Waals surface area contributed by atoms with Crippen LogP contribution in [0.3, 0.4) is 0 Å². The lowest BCUT2D eigenvalue weighted by molar-refractivity contribution is 0.0303. The summed E-state index contributed by atoms with van der Waals surface area (Å²) in [5.74, 6) is 0.571. The Bertz CT molecular complexity index is 667. The third-order valence-electron chi connectivity index (χ3n) is 3.79. The topological polar surface area (TPSA) is 64.8 Å². The van der Waals surface area contributed by atoms with Crippen LogP contribution in [0.5, 0.6) is 5.75 Å². The lowest BCUT2D eigenvalue weighted by atomic mass is 10.1. The van der Waals surface area contributed by atoms with Crippen LogP contribution in [0.4, 0.5) is 5.69 Å².